The van der Waals surface area contributed by atoms with Crippen LogP contribution in [0.4, 0.5) is 34.1 Å². The molecule has 1 aliphatic carbocycles. The number of para-hydroxylation sites is 2. The largest absolute Gasteiger partial charge is 0.456 e. The minimum Gasteiger partial charge on any atom is -0.456 e. The molecule has 0 radical (unpaired) electrons. The van der Waals surface area contributed by atoms with Gasteiger partial charge in [-0.25, -0.2) is 0 Å². The zero-order valence-electron chi connectivity index (χ0n) is 66.8. The van der Waals surface area contributed by atoms with Gasteiger partial charge in [0.05, 0.1) is 11.4 Å². The van der Waals surface area contributed by atoms with E-state index in [1.165, 1.54) is 123 Å². The molecule has 540 valence electrons. The third-order valence-corrected chi connectivity index (χ3v) is 24.1. The second-order valence-electron chi connectivity index (χ2n) is 37.7. The average molecular weight is 1420 g/mol. The molecule has 2 aliphatic heterocycles. The van der Waals surface area contributed by atoms with Crippen LogP contribution in [0, 0.1) is 0 Å². The Labute approximate surface area is 645 Å². The molecule has 2 aromatic heterocycles. The van der Waals surface area contributed by atoms with Gasteiger partial charge in [0.1, 0.15) is 22.3 Å². The zero-order chi connectivity index (χ0) is 75.9. The molecule has 0 saturated carbocycles. The average Bonchev–Trinajstić information content (AvgIpc) is 1.38. The number of benzene rings is 13. The van der Waals surface area contributed by atoms with Crippen LogP contribution >= 0.6 is 0 Å². The van der Waals surface area contributed by atoms with Crippen LogP contribution in [0.25, 0.3) is 88.4 Å². The van der Waals surface area contributed by atoms with Crippen molar-refractivity contribution in [3.05, 3.63) is 316 Å². The van der Waals surface area contributed by atoms with Crippen molar-refractivity contribution >= 4 is 101 Å². The summed E-state index contributed by atoms with van der Waals surface area (Å²) < 4.78 is 13.6. The van der Waals surface area contributed by atoms with E-state index in [2.05, 4.69) is 389 Å². The normalized spacial score (nSPS) is 14.0. The van der Waals surface area contributed by atoms with Gasteiger partial charge in [0.25, 0.3) is 6.71 Å². The lowest BCUT2D eigenvalue weighted by Gasteiger charge is -2.47. The van der Waals surface area contributed by atoms with E-state index in [0.717, 1.165) is 83.9 Å². The Hall–Kier alpha value is -10.9. The molecule has 0 amide bonds. The summed E-state index contributed by atoms with van der Waals surface area (Å²) in [6.07, 6.45) is 0.871. The van der Waals surface area contributed by atoms with Crippen molar-refractivity contribution < 1.29 is 8.83 Å². The first-order valence-electron chi connectivity index (χ1n) is 39.5. The molecule has 18 rings (SSSR count). The van der Waals surface area contributed by atoms with Crippen molar-refractivity contribution in [3.8, 4) is 44.5 Å². The standard InChI is InChI=1S/C104H99BN2O2/c1-99(2,3)69-47-41-62(42-48-69)79-58-71(101(7,8)9)60-81(103(13,14)15)97(79)106-85-51-45-66(75-35-27-39-91-94(75)77-33-23-25-37-89(77)108-91)54-83(85)105-84-55-67(76-36-28-40-92-95(76)78-34-24-26-38-90(78)109-92)46-52-86(84)107(88-57-68(56-87(106)96(88)105)93-73-31-21-19-29-64(73)53-65-30-20-22-32-74(65)93)98-80(63-43-49-70(50-44-63)100(4,5)6)59-72(102(10,11)12)61-82(98)104(16,17)18/h19-52,54-61,93H,53H2,1-18H3. The fourth-order valence-corrected chi connectivity index (χ4v) is 18.2. The number of rotatable bonds is 7. The molecule has 0 atom stereocenters. The Morgan fingerprint density at radius 2 is 0.670 bits per heavy atom. The third-order valence-electron chi connectivity index (χ3n) is 24.1. The highest BCUT2D eigenvalue weighted by Gasteiger charge is 2.48. The highest BCUT2D eigenvalue weighted by atomic mass is 16.3. The van der Waals surface area contributed by atoms with E-state index in [0.29, 0.717) is 0 Å². The van der Waals surface area contributed by atoms with Gasteiger partial charge in [0, 0.05) is 61.3 Å². The molecule has 15 aromatic rings. The predicted octanol–water partition coefficient (Wildman–Crippen LogP) is 27.1. The smallest absolute Gasteiger partial charge is 0.252 e. The molecular formula is C104H99BN2O2. The Bertz CT molecular complexity index is 5840. The summed E-state index contributed by atoms with van der Waals surface area (Å²) in [4.78, 5) is 5.58. The van der Waals surface area contributed by atoms with Gasteiger partial charge in [0.15, 0.2) is 0 Å². The van der Waals surface area contributed by atoms with Gasteiger partial charge in [-0.2, -0.15) is 0 Å². The molecule has 0 bridgehead atoms. The summed E-state index contributed by atoms with van der Waals surface area (Å²) >= 11 is 0. The highest BCUT2D eigenvalue weighted by molar-refractivity contribution is 7.00. The minimum absolute atomic E-state index is 0.0524. The molecule has 5 heteroatoms. The fourth-order valence-electron chi connectivity index (χ4n) is 18.2. The first-order chi connectivity index (χ1) is 51.8. The van der Waals surface area contributed by atoms with Crippen molar-refractivity contribution in [2.45, 2.75) is 169 Å². The van der Waals surface area contributed by atoms with Crippen LogP contribution in [-0.2, 0) is 38.9 Å². The molecule has 0 spiro atoms. The van der Waals surface area contributed by atoms with Crippen LogP contribution in [-0.4, -0.2) is 6.71 Å². The second-order valence-corrected chi connectivity index (χ2v) is 37.7. The van der Waals surface area contributed by atoms with Gasteiger partial charge in [-0.15, -0.1) is 0 Å². The molecule has 0 fully saturated rings. The van der Waals surface area contributed by atoms with Gasteiger partial charge in [0.2, 0.25) is 0 Å². The van der Waals surface area contributed by atoms with Gasteiger partial charge < -0.3 is 18.6 Å². The van der Waals surface area contributed by atoms with Crippen molar-refractivity contribution in [1.29, 1.82) is 0 Å². The Kier molecular flexibility index (Phi) is 15.9. The third kappa shape index (κ3) is 11.6. The number of furan rings is 2. The number of hydrogen-bond donors (Lipinski definition) is 0. The molecule has 13 aromatic carbocycles. The lowest BCUT2D eigenvalue weighted by atomic mass is 9.33. The molecule has 4 heterocycles. The number of hydrogen-bond acceptors (Lipinski definition) is 4. The van der Waals surface area contributed by atoms with E-state index >= 15 is 0 Å². The lowest BCUT2D eigenvalue weighted by Crippen LogP contribution is -2.61. The molecule has 0 N–H and O–H groups in total. The van der Waals surface area contributed by atoms with E-state index < -0.39 is 0 Å². The maximum atomic E-state index is 6.79. The van der Waals surface area contributed by atoms with Gasteiger partial charge in [-0.3, -0.25) is 0 Å². The first-order valence-corrected chi connectivity index (χ1v) is 39.5. The number of fused-ring (bicyclic) bond motifs is 12. The van der Waals surface area contributed by atoms with Crippen molar-refractivity contribution in [2.24, 2.45) is 0 Å². The maximum Gasteiger partial charge on any atom is 0.252 e. The SMILES string of the molecule is CC(C)(C)c1ccc(-c2cc(C(C)(C)C)cc(C(C)(C)C)c2N2c3ccc(-c4cccc5oc6ccccc6c45)cc3B3c4cc(-c5cccc6oc7ccccc7c56)ccc4N(c4c(-c5ccc(C(C)(C)C)cc5)cc(C(C)(C)C)cc4C(C)(C)C)c4cc(C5c6ccccc6Cc6ccccc65)cc2c43)cc1. The van der Waals surface area contributed by atoms with Crippen LogP contribution in [0.5, 0.6) is 0 Å². The van der Waals surface area contributed by atoms with Crippen LogP contribution < -0.4 is 26.2 Å². The Morgan fingerprint density at radius 1 is 0.303 bits per heavy atom. The van der Waals surface area contributed by atoms with E-state index in [4.69, 9.17) is 8.83 Å². The van der Waals surface area contributed by atoms with Crippen molar-refractivity contribution in [1.82, 2.24) is 0 Å². The van der Waals surface area contributed by atoms with E-state index in [1.54, 1.807) is 0 Å². The maximum absolute atomic E-state index is 6.79. The Balaban J connectivity index is 1.06. The summed E-state index contributed by atoms with van der Waals surface area (Å²) in [6, 6.07) is 98.9. The summed E-state index contributed by atoms with van der Waals surface area (Å²) in [5, 5.41) is 4.45. The molecular weight excluding hydrogens is 1320 g/mol. The van der Waals surface area contributed by atoms with Crippen LogP contribution in [0.3, 0.4) is 0 Å². The fraction of sp³-hybridized carbons (Fsp3) is 0.250. The summed E-state index contributed by atoms with van der Waals surface area (Å²) in [5.41, 5.74) is 36.9. The Morgan fingerprint density at radius 3 is 1.06 bits per heavy atom. The van der Waals surface area contributed by atoms with Gasteiger partial charge >= 0.3 is 0 Å². The minimum atomic E-state index is -0.357. The second kappa shape index (κ2) is 24.8. The number of anilines is 6. The zero-order valence-corrected chi connectivity index (χ0v) is 66.8. The summed E-state index contributed by atoms with van der Waals surface area (Å²) in [5.74, 6) is -0.113. The monoisotopic (exact) mass is 1420 g/mol. The van der Waals surface area contributed by atoms with Gasteiger partial charge in [-0.05, 0) is 211 Å². The quantitative estimate of drug-likeness (QED) is 0.149. The number of nitrogens with zero attached hydrogens (tertiary/aromatic N) is 2. The molecule has 4 nitrogen and oxygen atoms in total. The van der Waals surface area contributed by atoms with Crippen molar-refractivity contribution in [2.75, 3.05) is 9.80 Å². The van der Waals surface area contributed by atoms with Crippen molar-refractivity contribution in [3.63, 3.8) is 0 Å². The van der Waals surface area contributed by atoms with Crippen LogP contribution in [0.1, 0.15) is 192 Å². The van der Waals surface area contributed by atoms with Crippen LogP contribution in [0.2, 0.25) is 0 Å². The van der Waals surface area contributed by atoms with Gasteiger partial charge in [-0.1, -0.05) is 319 Å². The molecule has 0 unspecified atom stereocenters. The first kappa shape index (κ1) is 69.8. The summed E-state index contributed by atoms with van der Waals surface area (Å²) in [7, 11) is 0. The topological polar surface area (TPSA) is 32.8 Å². The highest BCUT2D eigenvalue weighted by Crippen LogP contribution is 2.57. The molecule has 109 heavy (non-hydrogen) atoms. The van der Waals surface area contributed by atoms with Crippen LogP contribution in [0.15, 0.2) is 264 Å². The van der Waals surface area contributed by atoms with E-state index in [-0.39, 0.29) is 45.1 Å². The predicted molar refractivity (Wildman–Crippen MR) is 466 cm³/mol. The lowest BCUT2D eigenvalue weighted by molar-refractivity contribution is 0.569. The molecule has 3 aliphatic rings. The summed E-state index contributed by atoms with van der Waals surface area (Å²) in [6.45, 7) is 42.6. The van der Waals surface area contributed by atoms with E-state index in [9.17, 15) is 0 Å². The molecule has 0 saturated heterocycles. The van der Waals surface area contributed by atoms with E-state index in [1.807, 2.05) is 0 Å².